The van der Waals surface area contributed by atoms with Gasteiger partial charge in [0.05, 0.1) is 11.7 Å². The second-order valence-electron chi connectivity index (χ2n) is 5.09. The highest BCUT2D eigenvalue weighted by Gasteiger charge is 2.15. The minimum atomic E-state index is -0.180. The van der Waals surface area contributed by atoms with Crippen molar-refractivity contribution in [1.29, 1.82) is 0 Å². The van der Waals surface area contributed by atoms with Crippen LogP contribution in [0.3, 0.4) is 0 Å². The van der Waals surface area contributed by atoms with Gasteiger partial charge in [-0.05, 0) is 61.7 Å². The van der Waals surface area contributed by atoms with Gasteiger partial charge in [-0.25, -0.2) is 4.39 Å². The number of rotatable bonds is 5. The van der Waals surface area contributed by atoms with Crippen LogP contribution in [-0.4, -0.2) is 11.5 Å². The Kier molecular flexibility index (Phi) is 4.85. The van der Waals surface area contributed by atoms with Gasteiger partial charge in [-0.3, -0.25) is 4.98 Å². The van der Waals surface area contributed by atoms with Crippen molar-refractivity contribution in [3.05, 3.63) is 64.7 Å². The minimum Gasteiger partial charge on any atom is -0.309 e. The average molecular weight is 272 g/mol. The molecule has 20 heavy (non-hydrogen) atoms. The fourth-order valence-electron chi connectivity index (χ4n) is 2.48. The van der Waals surface area contributed by atoms with Gasteiger partial charge in [-0.15, -0.1) is 0 Å². The Labute approximate surface area is 120 Å². The Balaban J connectivity index is 2.28. The Morgan fingerprint density at radius 1 is 1.20 bits per heavy atom. The number of nitrogens with zero attached hydrogens (tertiary/aromatic N) is 1. The topological polar surface area (TPSA) is 24.9 Å². The molecule has 0 amide bonds. The Morgan fingerprint density at radius 3 is 2.65 bits per heavy atom. The third kappa shape index (κ3) is 3.42. The van der Waals surface area contributed by atoms with Gasteiger partial charge in [-0.2, -0.15) is 0 Å². The maximum atomic E-state index is 13.2. The number of aromatic nitrogens is 1. The second-order valence-corrected chi connectivity index (χ2v) is 5.09. The van der Waals surface area contributed by atoms with Gasteiger partial charge in [0.15, 0.2) is 0 Å². The highest BCUT2D eigenvalue weighted by Crippen LogP contribution is 2.22. The van der Waals surface area contributed by atoms with Gasteiger partial charge in [0.1, 0.15) is 5.82 Å². The van der Waals surface area contributed by atoms with Gasteiger partial charge >= 0.3 is 0 Å². The number of pyridine rings is 1. The smallest absolute Gasteiger partial charge is 0.123 e. The summed E-state index contributed by atoms with van der Waals surface area (Å²) in [5, 5.41) is 3.47. The summed E-state index contributed by atoms with van der Waals surface area (Å²) in [7, 11) is 0. The van der Waals surface area contributed by atoms with Crippen molar-refractivity contribution in [2.45, 2.75) is 33.2 Å². The Bertz CT molecular complexity index is 581. The van der Waals surface area contributed by atoms with E-state index in [1.165, 1.54) is 11.6 Å². The molecule has 0 aliphatic carbocycles. The number of aryl methyl sites for hydroxylation is 2. The van der Waals surface area contributed by atoms with Crippen LogP contribution in [0.4, 0.5) is 4.39 Å². The fraction of sp³-hybridized carbons (Fsp3) is 0.353. The molecule has 1 atom stereocenters. The summed E-state index contributed by atoms with van der Waals surface area (Å²) in [5.74, 6) is -0.180. The van der Waals surface area contributed by atoms with Crippen LogP contribution in [0.1, 0.15) is 35.3 Å². The number of hydrogen-bond donors (Lipinski definition) is 1. The molecule has 0 radical (unpaired) electrons. The normalized spacial score (nSPS) is 12.4. The summed E-state index contributed by atoms with van der Waals surface area (Å²) in [6.07, 6.45) is 2.64. The lowest BCUT2D eigenvalue weighted by Gasteiger charge is -2.20. The van der Waals surface area contributed by atoms with E-state index in [-0.39, 0.29) is 11.9 Å². The number of nitrogens with one attached hydrogen (secondary N) is 1. The zero-order chi connectivity index (χ0) is 14.5. The monoisotopic (exact) mass is 272 g/mol. The van der Waals surface area contributed by atoms with E-state index in [1.54, 1.807) is 6.07 Å². The molecule has 3 heteroatoms. The van der Waals surface area contributed by atoms with Crippen molar-refractivity contribution < 1.29 is 4.39 Å². The second kappa shape index (κ2) is 6.62. The summed E-state index contributed by atoms with van der Waals surface area (Å²) >= 11 is 0. The molecule has 1 unspecified atom stereocenters. The van der Waals surface area contributed by atoms with E-state index in [4.69, 9.17) is 0 Å². The molecule has 0 aliphatic heterocycles. The first-order valence-electron chi connectivity index (χ1n) is 7.01. The molecule has 1 heterocycles. The third-order valence-corrected chi connectivity index (χ3v) is 3.56. The van der Waals surface area contributed by atoms with Crippen molar-refractivity contribution >= 4 is 0 Å². The first-order valence-corrected chi connectivity index (χ1v) is 7.01. The van der Waals surface area contributed by atoms with Crippen molar-refractivity contribution in [1.82, 2.24) is 10.3 Å². The van der Waals surface area contributed by atoms with Crippen LogP contribution in [0.25, 0.3) is 0 Å². The summed E-state index contributed by atoms with van der Waals surface area (Å²) < 4.78 is 13.2. The maximum Gasteiger partial charge on any atom is 0.123 e. The average Bonchev–Trinajstić information content (AvgIpc) is 2.42. The largest absolute Gasteiger partial charge is 0.309 e. The van der Waals surface area contributed by atoms with Gasteiger partial charge in [0.2, 0.25) is 0 Å². The molecule has 0 fully saturated rings. The fourth-order valence-corrected chi connectivity index (χ4v) is 2.48. The lowest BCUT2D eigenvalue weighted by atomic mass is 9.97. The molecule has 0 spiro atoms. The highest BCUT2D eigenvalue weighted by atomic mass is 19.1. The Hall–Kier alpha value is -1.74. The first kappa shape index (κ1) is 14.7. The van der Waals surface area contributed by atoms with E-state index in [0.717, 1.165) is 29.8 Å². The third-order valence-electron chi connectivity index (χ3n) is 3.56. The number of halogens is 1. The molecule has 2 nitrogen and oxygen atoms in total. The molecule has 0 aliphatic rings. The molecule has 1 aromatic carbocycles. The molecule has 0 saturated heterocycles. The van der Waals surface area contributed by atoms with Crippen LogP contribution in [-0.2, 0) is 6.42 Å². The molecular formula is C17H21FN2. The predicted molar refractivity (Wildman–Crippen MR) is 80.2 cm³/mol. The molecule has 0 bridgehead atoms. The highest BCUT2D eigenvalue weighted by molar-refractivity contribution is 5.30. The Morgan fingerprint density at radius 2 is 2.00 bits per heavy atom. The zero-order valence-corrected chi connectivity index (χ0v) is 12.3. The van der Waals surface area contributed by atoms with Crippen molar-refractivity contribution in [3.63, 3.8) is 0 Å². The number of hydrogen-bond acceptors (Lipinski definition) is 2. The van der Waals surface area contributed by atoms with E-state index in [1.807, 2.05) is 25.3 Å². The van der Waals surface area contributed by atoms with Gasteiger partial charge in [0, 0.05) is 6.20 Å². The molecule has 106 valence electrons. The van der Waals surface area contributed by atoms with Gasteiger partial charge in [0.25, 0.3) is 0 Å². The molecule has 0 saturated carbocycles. The molecule has 1 N–H and O–H groups in total. The summed E-state index contributed by atoms with van der Waals surface area (Å²) in [4.78, 5) is 4.50. The van der Waals surface area contributed by atoms with Crippen LogP contribution in [0.2, 0.25) is 0 Å². The molecule has 2 aromatic rings. The van der Waals surface area contributed by atoms with E-state index < -0.39 is 0 Å². The predicted octanol–water partition coefficient (Wildman–Crippen LogP) is 3.73. The van der Waals surface area contributed by atoms with Crippen LogP contribution in [0.5, 0.6) is 0 Å². The standard InChI is InChI=1S/C17H21FN2/c1-4-19-16(17-12(2)6-5-9-20-17)11-14-7-8-15(18)10-13(14)3/h5-10,16,19H,4,11H2,1-3H3. The van der Waals surface area contributed by atoms with E-state index in [9.17, 15) is 4.39 Å². The van der Waals surface area contributed by atoms with Crippen molar-refractivity contribution in [3.8, 4) is 0 Å². The van der Waals surface area contributed by atoms with Crippen molar-refractivity contribution in [2.75, 3.05) is 6.54 Å². The number of likely N-dealkylation sites (N-methyl/N-ethyl adjacent to an activating group) is 1. The maximum absolute atomic E-state index is 13.2. The first-order chi connectivity index (χ1) is 9.61. The van der Waals surface area contributed by atoms with Crippen LogP contribution in [0.15, 0.2) is 36.5 Å². The molecular weight excluding hydrogens is 251 g/mol. The van der Waals surface area contributed by atoms with Crippen molar-refractivity contribution in [2.24, 2.45) is 0 Å². The van der Waals surface area contributed by atoms with Gasteiger partial charge in [-0.1, -0.05) is 19.1 Å². The summed E-state index contributed by atoms with van der Waals surface area (Å²) in [6.45, 7) is 6.99. The molecule has 2 rings (SSSR count). The zero-order valence-electron chi connectivity index (χ0n) is 12.3. The number of benzene rings is 1. The van der Waals surface area contributed by atoms with Crippen LogP contribution >= 0.6 is 0 Å². The van der Waals surface area contributed by atoms with E-state index in [2.05, 4.69) is 30.2 Å². The SMILES string of the molecule is CCNC(Cc1ccc(F)cc1C)c1ncccc1C. The van der Waals surface area contributed by atoms with E-state index >= 15 is 0 Å². The minimum absolute atomic E-state index is 0.158. The van der Waals surface area contributed by atoms with E-state index in [0.29, 0.717) is 0 Å². The summed E-state index contributed by atoms with van der Waals surface area (Å²) in [6, 6.07) is 9.16. The lowest BCUT2D eigenvalue weighted by molar-refractivity contribution is 0.532. The van der Waals surface area contributed by atoms with Crippen LogP contribution in [0, 0.1) is 19.7 Å². The summed E-state index contributed by atoms with van der Waals surface area (Å²) in [5.41, 5.74) is 4.39. The quantitative estimate of drug-likeness (QED) is 0.897. The van der Waals surface area contributed by atoms with Crippen LogP contribution < -0.4 is 5.32 Å². The molecule has 1 aromatic heterocycles. The van der Waals surface area contributed by atoms with Gasteiger partial charge < -0.3 is 5.32 Å². The lowest BCUT2D eigenvalue weighted by Crippen LogP contribution is -2.25.